The predicted octanol–water partition coefficient (Wildman–Crippen LogP) is 6.47. The van der Waals surface area contributed by atoms with E-state index in [2.05, 4.69) is 72.9 Å². The molecule has 0 aromatic heterocycles. The first kappa shape index (κ1) is 21.2. The second-order valence-electron chi connectivity index (χ2n) is 7.38. The molecule has 0 saturated carbocycles. The number of carbonyl (C=O) groups excluding carboxylic acids is 1. The molecule has 27 heavy (non-hydrogen) atoms. The fourth-order valence-electron chi connectivity index (χ4n) is 3.58. The van der Waals surface area contributed by atoms with E-state index >= 15 is 0 Å². The lowest BCUT2D eigenvalue weighted by Crippen LogP contribution is -2.25. The minimum atomic E-state index is 0.198. The van der Waals surface area contributed by atoms with Crippen molar-refractivity contribution in [3.63, 3.8) is 0 Å². The van der Waals surface area contributed by atoms with Crippen molar-refractivity contribution in [2.45, 2.75) is 70.6 Å². The van der Waals surface area contributed by atoms with Crippen LogP contribution in [0.15, 0.2) is 60.7 Å². The molecule has 0 aliphatic heterocycles. The molecular weight excluding hydrogens is 330 g/mol. The van der Waals surface area contributed by atoms with E-state index in [0.717, 1.165) is 19.4 Å². The Morgan fingerprint density at radius 2 is 1.30 bits per heavy atom. The van der Waals surface area contributed by atoms with Gasteiger partial charge in [0.25, 0.3) is 0 Å². The van der Waals surface area contributed by atoms with Gasteiger partial charge in [-0.2, -0.15) is 0 Å². The fourth-order valence-corrected chi connectivity index (χ4v) is 3.58. The third kappa shape index (κ3) is 8.43. The highest BCUT2D eigenvalue weighted by atomic mass is 16.1. The molecule has 0 radical (unpaired) electrons. The van der Waals surface area contributed by atoms with E-state index in [1.807, 2.05) is 0 Å². The molecule has 0 unspecified atom stereocenters. The molecule has 2 rings (SSSR count). The van der Waals surface area contributed by atoms with Gasteiger partial charge in [-0.3, -0.25) is 4.79 Å². The highest BCUT2D eigenvalue weighted by molar-refractivity contribution is 5.75. The number of unbranched alkanes of at least 4 members (excludes halogenated alkanes) is 6. The van der Waals surface area contributed by atoms with Crippen LogP contribution < -0.4 is 5.32 Å². The van der Waals surface area contributed by atoms with Crippen LogP contribution in [0.5, 0.6) is 0 Å². The van der Waals surface area contributed by atoms with Gasteiger partial charge in [0.1, 0.15) is 0 Å². The van der Waals surface area contributed by atoms with Crippen LogP contribution in [-0.2, 0) is 4.79 Å². The molecule has 0 saturated heterocycles. The average Bonchev–Trinajstić information content (AvgIpc) is 2.72. The van der Waals surface area contributed by atoms with Crippen LogP contribution in [0.3, 0.4) is 0 Å². The summed E-state index contributed by atoms with van der Waals surface area (Å²) < 4.78 is 0. The smallest absolute Gasteiger partial charge is 0.219 e. The minimum absolute atomic E-state index is 0.198. The molecule has 0 heterocycles. The summed E-state index contributed by atoms with van der Waals surface area (Å²) in [6.45, 7) is 2.97. The van der Waals surface area contributed by atoms with Crippen LogP contribution in [0.2, 0.25) is 0 Å². The fraction of sp³-hybridized carbons (Fsp3) is 0.480. The molecule has 0 aliphatic carbocycles. The number of hydrogen-bond donors (Lipinski definition) is 1. The Hall–Kier alpha value is -2.09. The van der Waals surface area contributed by atoms with E-state index < -0.39 is 0 Å². The van der Waals surface area contributed by atoms with Gasteiger partial charge in [0.05, 0.1) is 0 Å². The Morgan fingerprint density at radius 3 is 1.85 bits per heavy atom. The summed E-state index contributed by atoms with van der Waals surface area (Å²) in [5.41, 5.74) is 2.62. The van der Waals surface area contributed by atoms with Crippen molar-refractivity contribution in [2.24, 2.45) is 0 Å². The highest BCUT2D eigenvalue weighted by Gasteiger charge is 2.14. The molecule has 2 aromatic carbocycles. The van der Waals surface area contributed by atoms with E-state index in [0.29, 0.717) is 12.3 Å². The predicted molar refractivity (Wildman–Crippen MR) is 115 cm³/mol. The molecule has 0 fully saturated rings. The number of nitrogens with one attached hydrogen (secondary N) is 1. The first-order valence-electron chi connectivity index (χ1n) is 10.7. The Labute approximate surface area is 165 Å². The van der Waals surface area contributed by atoms with Gasteiger partial charge in [-0.05, 0) is 24.0 Å². The lowest BCUT2D eigenvalue weighted by molar-refractivity contribution is -0.121. The van der Waals surface area contributed by atoms with Gasteiger partial charge in [0.2, 0.25) is 5.91 Å². The molecule has 2 aromatic rings. The Kier molecular flexibility index (Phi) is 10.3. The lowest BCUT2D eigenvalue weighted by Gasteiger charge is -2.18. The summed E-state index contributed by atoms with van der Waals surface area (Å²) in [7, 11) is 0. The molecule has 1 amide bonds. The number of hydrogen-bond acceptors (Lipinski definition) is 1. The van der Waals surface area contributed by atoms with Gasteiger partial charge in [-0.1, -0.05) is 106 Å². The third-order valence-corrected chi connectivity index (χ3v) is 5.17. The van der Waals surface area contributed by atoms with Gasteiger partial charge >= 0.3 is 0 Å². The normalized spacial score (nSPS) is 10.9. The van der Waals surface area contributed by atoms with Crippen molar-refractivity contribution in [2.75, 3.05) is 6.54 Å². The van der Waals surface area contributed by atoms with Crippen molar-refractivity contribution in [3.8, 4) is 0 Å². The topological polar surface area (TPSA) is 29.1 Å². The maximum absolute atomic E-state index is 12.1. The van der Waals surface area contributed by atoms with Crippen LogP contribution in [0, 0.1) is 0 Å². The summed E-state index contributed by atoms with van der Waals surface area (Å²) in [6, 6.07) is 21.2. The molecule has 146 valence electrons. The average molecular weight is 366 g/mol. The first-order chi connectivity index (χ1) is 13.3. The number of carbonyl (C=O) groups is 1. The van der Waals surface area contributed by atoms with Crippen molar-refractivity contribution in [1.29, 1.82) is 0 Å². The van der Waals surface area contributed by atoms with E-state index in [1.54, 1.807) is 0 Å². The number of benzene rings is 2. The zero-order valence-electron chi connectivity index (χ0n) is 16.8. The monoisotopic (exact) mass is 365 g/mol. The minimum Gasteiger partial charge on any atom is -0.356 e. The summed E-state index contributed by atoms with van der Waals surface area (Å²) in [5, 5.41) is 3.12. The summed E-state index contributed by atoms with van der Waals surface area (Å²) in [5.74, 6) is 0.523. The molecular formula is C25H35NO. The maximum atomic E-state index is 12.1. The summed E-state index contributed by atoms with van der Waals surface area (Å²) in [6.07, 6.45) is 10.3. The summed E-state index contributed by atoms with van der Waals surface area (Å²) in [4.78, 5) is 12.1. The molecule has 0 aliphatic rings. The number of amides is 1. The quantitative estimate of drug-likeness (QED) is 0.405. The lowest BCUT2D eigenvalue weighted by atomic mass is 9.88. The molecule has 2 nitrogen and oxygen atoms in total. The van der Waals surface area contributed by atoms with Crippen LogP contribution in [-0.4, -0.2) is 12.5 Å². The van der Waals surface area contributed by atoms with Crippen LogP contribution in [0.25, 0.3) is 0 Å². The first-order valence-corrected chi connectivity index (χ1v) is 10.7. The van der Waals surface area contributed by atoms with Crippen molar-refractivity contribution >= 4 is 5.91 Å². The Morgan fingerprint density at radius 1 is 0.778 bits per heavy atom. The SMILES string of the molecule is CCCCCCCCCC(=O)NCCC(c1ccccc1)c1ccccc1. The zero-order chi connectivity index (χ0) is 19.2. The van der Waals surface area contributed by atoms with Gasteiger partial charge in [0.15, 0.2) is 0 Å². The van der Waals surface area contributed by atoms with E-state index in [9.17, 15) is 4.79 Å². The van der Waals surface area contributed by atoms with Crippen molar-refractivity contribution < 1.29 is 4.79 Å². The van der Waals surface area contributed by atoms with Gasteiger partial charge < -0.3 is 5.32 Å². The molecule has 0 atom stereocenters. The summed E-state index contributed by atoms with van der Waals surface area (Å²) >= 11 is 0. The van der Waals surface area contributed by atoms with Crippen molar-refractivity contribution in [1.82, 2.24) is 5.32 Å². The van der Waals surface area contributed by atoms with Crippen LogP contribution >= 0.6 is 0 Å². The van der Waals surface area contributed by atoms with E-state index in [1.165, 1.54) is 49.7 Å². The number of rotatable bonds is 13. The Bertz CT molecular complexity index is 584. The molecule has 0 bridgehead atoms. The van der Waals surface area contributed by atoms with Crippen LogP contribution in [0.4, 0.5) is 0 Å². The van der Waals surface area contributed by atoms with Gasteiger partial charge in [0, 0.05) is 18.9 Å². The molecule has 0 spiro atoms. The standard InChI is InChI=1S/C25H35NO/c1-2-3-4-5-6-7-14-19-25(27)26-21-20-24(22-15-10-8-11-16-22)23-17-12-9-13-18-23/h8-13,15-18,24H,2-7,14,19-21H2,1H3,(H,26,27). The Balaban J connectivity index is 1.72. The van der Waals surface area contributed by atoms with E-state index in [-0.39, 0.29) is 5.91 Å². The van der Waals surface area contributed by atoms with Crippen molar-refractivity contribution in [3.05, 3.63) is 71.8 Å². The third-order valence-electron chi connectivity index (χ3n) is 5.17. The zero-order valence-corrected chi connectivity index (χ0v) is 16.8. The largest absolute Gasteiger partial charge is 0.356 e. The molecule has 2 heteroatoms. The molecule has 1 N–H and O–H groups in total. The second-order valence-corrected chi connectivity index (χ2v) is 7.38. The maximum Gasteiger partial charge on any atom is 0.219 e. The second kappa shape index (κ2) is 13.1. The van der Waals surface area contributed by atoms with Gasteiger partial charge in [-0.15, -0.1) is 0 Å². The van der Waals surface area contributed by atoms with Crippen LogP contribution in [0.1, 0.15) is 81.8 Å². The van der Waals surface area contributed by atoms with Gasteiger partial charge in [-0.25, -0.2) is 0 Å². The van der Waals surface area contributed by atoms with E-state index in [4.69, 9.17) is 0 Å². The highest BCUT2D eigenvalue weighted by Crippen LogP contribution is 2.27.